The van der Waals surface area contributed by atoms with E-state index in [-0.39, 0.29) is 5.56 Å². The molecule has 0 aliphatic carbocycles. The Morgan fingerprint density at radius 2 is 1.92 bits per heavy atom. The molecule has 0 bridgehead atoms. The van der Waals surface area contributed by atoms with E-state index in [0.29, 0.717) is 22.6 Å². The lowest BCUT2D eigenvalue weighted by Gasteiger charge is -2.15. The summed E-state index contributed by atoms with van der Waals surface area (Å²) >= 11 is 1.11. The third kappa shape index (κ3) is 3.41. The fourth-order valence-corrected chi connectivity index (χ4v) is 3.66. The largest absolute Gasteiger partial charge is 0.351 e. The first-order valence-electron chi connectivity index (χ1n) is 8.11. The highest BCUT2D eigenvalue weighted by atomic mass is 32.2. The lowest BCUT2D eigenvalue weighted by atomic mass is 10.1. The quantitative estimate of drug-likeness (QED) is 0.416. The van der Waals surface area contributed by atoms with E-state index in [1.165, 1.54) is 4.57 Å². The summed E-state index contributed by atoms with van der Waals surface area (Å²) in [6.45, 7) is 3.88. The average Bonchev–Trinajstić information content (AvgIpc) is 2.60. The zero-order chi connectivity index (χ0) is 18.8. The second-order valence-corrected chi connectivity index (χ2v) is 7.08. The third-order valence-electron chi connectivity index (χ3n) is 4.00. The summed E-state index contributed by atoms with van der Waals surface area (Å²) in [7, 11) is 0. The van der Waals surface area contributed by atoms with Gasteiger partial charge in [0.15, 0.2) is 5.16 Å². The van der Waals surface area contributed by atoms with Gasteiger partial charge in [-0.25, -0.2) is 9.78 Å². The smallest absolute Gasteiger partial charge is 0.318 e. The molecule has 0 aliphatic heterocycles. The van der Waals surface area contributed by atoms with Crippen LogP contribution >= 0.6 is 11.8 Å². The molecule has 0 saturated heterocycles. The Morgan fingerprint density at radius 1 is 1.27 bits per heavy atom. The molecule has 7 nitrogen and oxygen atoms in total. The Labute approximate surface area is 153 Å². The highest BCUT2D eigenvalue weighted by Crippen LogP contribution is 2.25. The number of benzene rings is 2. The average molecular weight is 370 g/mol. The molecule has 0 aliphatic rings. The van der Waals surface area contributed by atoms with Crippen molar-refractivity contribution in [2.45, 2.75) is 30.8 Å². The third-order valence-corrected chi connectivity index (χ3v) is 5.09. The molecule has 0 fully saturated rings. The van der Waals surface area contributed by atoms with Crippen LogP contribution in [-0.2, 0) is 11.3 Å². The second kappa shape index (κ2) is 7.17. The van der Waals surface area contributed by atoms with Crippen molar-refractivity contribution < 1.29 is 9.59 Å². The van der Waals surface area contributed by atoms with Gasteiger partial charge < -0.3 is 5.73 Å². The number of rotatable bonds is 4. The van der Waals surface area contributed by atoms with Crippen LogP contribution in [0.4, 0.5) is 4.79 Å². The Kier molecular flexibility index (Phi) is 4.94. The summed E-state index contributed by atoms with van der Waals surface area (Å²) < 4.78 is 1.52. The molecule has 0 spiro atoms. The summed E-state index contributed by atoms with van der Waals surface area (Å²) in [6.07, 6.45) is 0. The van der Waals surface area contributed by atoms with E-state index in [9.17, 15) is 14.4 Å². The van der Waals surface area contributed by atoms with Crippen LogP contribution in [0.5, 0.6) is 0 Å². The minimum Gasteiger partial charge on any atom is -0.351 e. The molecule has 3 rings (SSSR count). The molecule has 134 valence electrons. The van der Waals surface area contributed by atoms with Crippen LogP contribution in [0.15, 0.2) is 46.3 Å². The van der Waals surface area contributed by atoms with Crippen molar-refractivity contribution >= 4 is 45.4 Å². The number of aromatic nitrogens is 2. The maximum atomic E-state index is 12.9. The highest BCUT2D eigenvalue weighted by Gasteiger charge is 2.20. The summed E-state index contributed by atoms with van der Waals surface area (Å²) in [5.74, 6) is -0.530. The molecule has 0 saturated carbocycles. The highest BCUT2D eigenvalue weighted by molar-refractivity contribution is 8.00. The predicted molar refractivity (Wildman–Crippen MR) is 102 cm³/mol. The van der Waals surface area contributed by atoms with Gasteiger partial charge in [0.2, 0.25) is 5.91 Å². The number of hydrogen-bond acceptors (Lipinski definition) is 5. The van der Waals surface area contributed by atoms with Crippen LogP contribution in [0.1, 0.15) is 13.8 Å². The van der Waals surface area contributed by atoms with Gasteiger partial charge in [0.05, 0.1) is 16.2 Å². The Balaban J connectivity index is 2.10. The van der Waals surface area contributed by atoms with E-state index < -0.39 is 17.2 Å². The van der Waals surface area contributed by atoms with Crippen molar-refractivity contribution in [3.63, 3.8) is 0 Å². The van der Waals surface area contributed by atoms with Gasteiger partial charge in [-0.3, -0.25) is 19.5 Å². The molecule has 0 radical (unpaired) electrons. The van der Waals surface area contributed by atoms with E-state index in [2.05, 4.69) is 4.98 Å². The van der Waals surface area contributed by atoms with Crippen LogP contribution in [0.3, 0.4) is 0 Å². The van der Waals surface area contributed by atoms with Crippen LogP contribution in [-0.4, -0.2) is 26.7 Å². The number of hydrogen-bond donors (Lipinski definition) is 2. The van der Waals surface area contributed by atoms with Crippen LogP contribution in [0.25, 0.3) is 21.7 Å². The Bertz CT molecular complexity index is 1080. The van der Waals surface area contributed by atoms with Gasteiger partial charge in [-0.15, -0.1) is 0 Å². The van der Waals surface area contributed by atoms with Crippen molar-refractivity contribution in [1.82, 2.24) is 14.9 Å². The van der Waals surface area contributed by atoms with Crippen molar-refractivity contribution in [3.8, 4) is 0 Å². The second-order valence-electron chi connectivity index (χ2n) is 5.77. The topological polar surface area (TPSA) is 107 Å². The number of thioether (sulfide) groups is 1. The standard InChI is InChI=1S/C18H18N4O3S/c1-3-22-16(24)13-8-11-6-4-5-7-12(11)9-14(13)20-18(22)26-10(2)15(23)21-17(19)25/h4-10H,3H2,1-2H3,(H3,19,21,23,25)/t10-/m1/s1. The maximum Gasteiger partial charge on any atom is 0.318 e. The normalized spacial score (nSPS) is 12.2. The van der Waals surface area contributed by atoms with E-state index in [4.69, 9.17) is 5.73 Å². The lowest BCUT2D eigenvalue weighted by Crippen LogP contribution is -2.39. The molecule has 3 aromatic rings. The maximum absolute atomic E-state index is 12.9. The number of nitrogens with two attached hydrogens (primary N) is 1. The summed E-state index contributed by atoms with van der Waals surface area (Å²) in [4.78, 5) is 40.3. The molecule has 3 amide bonds. The van der Waals surface area contributed by atoms with Gasteiger partial charge >= 0.3 is 6.03 Å². The monoisotopic (exact) mass is 370 g/mol. The minimum absolute atomic E-state index is 0.159. The first kappa shape index (κ1) is 17.9. The van der Waals surface area contributed by atoms with E-state index in [1.807, 2.05) is 48.6 Å². The molecule has 0 unspecified atom stereocenters. The molecule has 8 heteroatoms. The van der Waals surface area contributed by atoms with Crippen molar-refractivity contribution in [2.75, 3.05) is 0 Å². The number of nitrogens with zero attached hydrogens (tertiary/aromatic N) is 2. The molecule has 26 heavy (non-hydrogen) atoms. The Hall–Kier alpha value is -2.87. The fourth-order valence-electron chi connectivity index (χ4n) is 2.69. The molecular weight excluding hydrogens is 352 g/mol. The van der Waals surface area contributed by atoms with Gasteiger partial charge in [-0.1, -0.05) is 36.0 Å². The fraction of sp³-hybridized carbons (Fsp3) is 0.222. The molecule has 2 aromatic carbocycles. The Morgan fingerprint density at radius 3 is 2.54 bits per heavy atom. The van der Waals surface area contributed by atoms with E-state index in [0.717, 1.165) is 22.5 Å². The number of fused-ring (bicyclic) bond motifs is 2. The van der Waals surface area contributed by atoms with Gasteiger partial charge in [0.1, 0.15) is 0 Å². The number of nitrogens with one attached hydrogen (secondary N) is 1. The number of imide groups is 1. The first-order valence-corrected chi connectivity index (χ1v) is 8.99. The van der Waals surface area contributed by atoms with Gasteiger partial charge in [-0.2, -0.15) is 0 Å². The van der Waals surface area contributed by atoms with E-state index >= 15 is 0 Å². The summed E-state index contributed by atoms with van der Waals surface area (Å²) in [5, 5.41) is 4.31. The molecule has 1 atom stereocenters. The number of urea groups is 1. The number of carbonyl (C=O) groups excluding carboxylic acids is 2. The van der Waals surface area contributed by atoms with Gasteiger partial charge in [0, 0.05) is 6.54 Å². The number of carbonyl (C=O) groups is 2. The van der Waals surface area contributed by atoms with Crippen LogP contribution in [0.2, 0.25) is 0 Å². The van der Waals surface area contributed by atoms with E-state index in [1.54, 1.807) is 6.92 Å². The van der Waals surface area contributed by atoms with Gasteiger partial charge in [-0.05, 0) is 36.8 Å². The number of amides is 3. The zero-order valence-corrected chi connectivity index (χ0v) is 15.2. The number of primary amides is 1. The van der Waals surface area contributed by atoms with Crippen LogP contribution in [0, 0.1) is 0 Å². The SMILES string of the molecule is CCn1c(S[C@H](C)C(=O)NC(N)=O)nc2cc3ccccc3cc2c1=O. The first-order chi connectivity index (χ1) is 12.4. The zero-order valence-electron chi connectivity index (χ0n) is 14.4. The minimum atomic E-state index is -0.909. The molecule has 1 aromatic heterocycles. The predicted octanol–water partition coefficient (Wildman–Crippen LogP) is 2.25. The summed E-state index contributed by atoms with van der Waals surface area (Å²) in [5.41, 5.74) is 5.39. The molecule has 3 N–H and O–H groups in total. The molecular formula is C18H18N4O3S. The lowest BCUT2D eigenvalue weighted by molar-refractivity contribution is -0.119. The van der Waals surface area contributed by atoms with Crippen molar-refractivity contribution in [2.24, 2.45) is 5.73 Å². The van der Waals surface area contributed by atoms with Crippen LogP contribution < -0.4 is 16.6 Å². The van der Waals surface area contributed by atoms with Crippen molar-refractivity contribution in [1.29, 1.82) is 0 Å². The molecule has 1 heterocycles. The van der Waals surface area contributed by atoms with Crippen molar-refractivity contribution in [3.05, 3.63) is 46.8 Å². The van der Waals surface area contributed by atoms with Gasteiger partial charge in [0.25, 0.3) is 5.56 Å². The summed E-state index contributed by atoms with van der Waals surface area (Å²) in [6, 6.07) is 10.5.